The van der Waals surface area contributed by atoms with E-state index >= 15 is 0 Å². The van der Waals surface area contributed by atoms with Crippen molar-refractivity contribution < 1.29 is 5.11 Å². The number of rotatable bonds is 4. The van der Waals surface area contributed by atoms with Crippen molar-refractivity contribution in [2.24, 2.45) is 0 Å². The number of aliphatic hydroxyl groups is 1. The Labute approximate surface area is 104 Å². The predicted molar refractivity (Wildman–Crippen MR) is 68.6 cm³/mol. The van der Waals surface area contributed by atoms with Crippen molar-refractivity contribution in [2.75, 3.05) is 11.5 Å². The number of aromatic nitrogens is 2. The first kappa shape index (κ1) is 11.9. The third-order valence-electron chi connectivity index (χ3n) is 2.28. The van der Waals surface area contributed by atoms with E-state index in [0.29, 0.717) is 11.4 Å². The van der Waals surface area contributed by atoms with Crippen molar-refractivity contribution in [1.29, 1.82) is 0 Å². The zero-order valence-electron chi connectivity index (χ0n) is 9.15. The molecule has 0 aliphatic carbocycles. The largest absolute Gasteiger partial charge is 0.398 e. The number of para-hydroxylation sites is 1. The third kappa shape index (κ3) is 3.18. The van der Waals surface area contributed by atoms with Gasteiger partial charge >= 0.3 is 0 Å². The molecule has 1 atom stereocenters. The van der Waals surface area contributed by atoms with Crippen LogP contribution in [-0.4, -0.2) is 20.8 Å². The number of benzene rings is 1. The molecule has 4 nitrogen and oxygen atoms in total. The normalized spacial score (nSPS) is 12.3. The summed E-state index contributed by atoms with van der Waals surface area (Å²) in [6.45, 7) is 0. The lowest BCUT2D eigenvalue weighted by Crippen LogP contribution is -2.04. The molecule has 0 spiro atoms. The van der Waals surface area contributed by atoms with E-state index < -0.39 is 6.10 Å². The summed E-state index contributed by atoms with van der Waals surface area (Å²) in [5, 5.41) is 10.8. The smallest absolute Gasteiger partial charge is 0.114 e. The van der Waals surface area contributed by atoms with Crippen molar-refractivity contribution in [3.8, 4) is 0 Å². The number of hydrogen-bond donors (Lipinski definition) is 2. The lowest BCUT2D eigenvalue weighted by molar-refractivity contribution is 0.205. The van der Waals surface area contributed by atoms with Crippen LogP contribution < -0.4 is 5.73 Å². The van der Waals surface area contributed by atoms with E-state index in [1.165, 1.54) is 11.8 Å². The zero-order valence-corrected chi connectivity index (χ0v) is 9.97. The number of nitrogens with two attached hydrogens (primary N) is 1. The second-order valence-electron chi connectivity index (χ2n) is 3.50. The van der Waals surface area contributed by atoms with Crippen LogP contribution in [0.4, 0.5) is 5.69 Å². The number of anilines is 1. The van der Waals surface area contributed by atoms with E-state index in [9.17, 15) is 5.11 Å². The molecule has 0 saturated heterocycles. The summed E-state index contributed by atoms with van der Waals surface area (Å²) in [5.41, 5.74) is 7.16. The van der Waals surface area contributed by atoms with Gasteiger partial charge in [0.05, 0.1) is 12.3 Å². The molecule has 2 aromatic rings. The summed E-state index contributed by atoms with van der Waals surface area (Å²) in [4.78, 5) is 8.09. The molecule has 0 bridgehead atoms. The topological polar surface area (TPSA) is 72.0 Å². The van der Waals surface area contributed by atoms with Gasteiger partial charge < -0.3 is 10.8 Å². The Balaban J connectivity index is 1.99. The maximum Gasteiger partial charge on any atom is 0.114 e. The summed E-state index contributed by atoms with van der Waals surface area (Å²) in [6, 6.07) is 7.33. The van der Waals surface area contributed by atoms with Gasteiger partial charge in [-0.15, -0.1) is 11.8 Å². The van der Waals surface area contributed by atoms with Crippen molar-refractivity contribution in [1.82, 2.24) is 9.97 Å². The first-order chi connectivity index (χ1) is 8.27. The molecule has 0 aliphatic rings. The van der Waals surface area contributed by atoms with Crippen LogP contribution in [0.2, 0.25) is 0 Å². The molecule has 1 aromatic carbocycles. The van der Waals surface area contributed by atoms with E-state index in [2.05, 4.69) is 9.97 Å². The minimum atomic E-state index is -0.594. The van der Waals surface area contributed by atoms with E-state index in [4.69, 9.17) is 5.73 Å². The molecule has 1 heterocycles. The van der Waals surface area contributed by atoms with Gasteiger partial charge in [0.15, 0.2) is 0 Å². The predicted octanol–water partition coefficient (Wildman–Crippen LogP) is 1.88. The first-order valence-corrected chi connectivity index (χ1v) is 6.17. The second kappa shape index (κ2) is 5.65. The van der Waals surface area contributed by atoms with Crippen LogP contribution in [-0.2, 0) is 0 Å². The van der Waals surface area contributed by atoms with Crippen LogP contribution in [0.5, 0.6) is 0 Å². The van der Waals surface area contributed by atoms with Gasteiger partial charge in [-0.3, -0.25) is 4.98 Å². The van der Waals surface area contributed by atoms with Crippen LogP contribution in [0.25, 0.3) is 0 Å². The summed E-state index contributed by atoms with van der Waals surface area (Å²) >= 11 is 1.45. The molecule has 0 radical (unpaired) electrons. The Kier molecular flexibility index (Phi) is 3.95. The highest BCUT2D eigenvalue weighted by atomic mass is 32.2. The Morgan fingerprint density at radius 3 is 2.82 bits per heavy atom. The van der Waals surface area contributed by atoms with Gasteiger partial charge in [-0.1, -0.05) is 18.2 Å². The number of thioether (sulfide) groups is 1. The minimum absolute atomic E-state index is 0.507. The maximum atomic E-state index is 10.0. The molecule has 88 valence electrons. The molecule has 0 aliphatic heterocycles. The Bertz CT molecular complexity index is 478. The molecule has 0 fully saturated rings. The third-order valence-corrected chi connectivity index (χ3v) is 3.27. The number of aliphatic hydroxyl groups excluding tert-OH is 1. The molecule has 17 heavy (non-hydrogen) atoms. The van der Waals surface area contributed by atoms with Gasteiger partial charge in [0.1, 0.15) is 5.03 Å². The van der Waals surface area contributed by atoms with Crippen LogP contribution >= 0.6 is 11.8 Å². The van der Waals surface area contributed by atoms with Crippen molar-refractivity contribution in [3.05, 3.63) is 48.4 Å². The lowest BCUT2D eigenvalue weighted by atomic mass is 10.1. The number of nitrogens with zero attached hydrogens (tertiary/aromatic N) is 2. The van der Waals surface area contributed by atoms with E-state index in [1.54, 1.807) is 24.7 Å². The van der Waals surface area contributed by atoms with Crippen molar-refractivity contribution in [3.63, 3.8) is 0 Å². The van der Waals surface area contributed by atoms with E-state index in [-0.39, 0.29) is 0 Å². The van der Waals surface area contributed by atoms with Gasteiger partial charge in [-0.25, -0.2) is 4.98 Å². The average molecular weight is 247 g/mol. The molecule has 5 heteroatoms. The molecular formula is C12H13N3OS. The van der Waals surface area contributed by atoms with Gasteiger partial charge in [-0.2, -0.15) is 0 Å². The number of nitrogen functional groups attached to an aromatic ring is 1. The highest BCUT2D eigenvalue weighted by Gasteiger charge is 2.11. The van der Waals surface area contributed by atoms with E-state index in [0.717, 1.165) is 10.6 Å². The van der Waals surface area contributed by atoms with Gasteiger partial charge in [-0.05, 0) is 6.07 Å². The Morgan fingerprint density at radius 1 is 1.29 bits per heavy atom. The lowest BCUT2D eigenvalue weighted by Gasteiger charge is -2.12. The van der Waals surface area contributed by atoms with Crippen molar-refractivity contribution >= 4 is 17.4 Å². The average Bonchev–Trinajstić information content (AvgIpc) is 2.38. The van der Waals surface area contributed by atoms with Gasteiger partial charge in [0.25, 0.3) is 0 Å². The SMILES string of the molecule is Nc1ccccc1C(O)CSc1cnccn1. The van der Waals surface area contributed by atoms with Crippen LogP contribution in [0, 0.1) is 0 Å². The Morgan fingerprint density at radius 2 is 2.12 bits per heavy atom. The molecule has 1 unspecified atom stereocenters. The van der Waals surface area contributed by atoms with Crippen LogP contribution in [0.3, 0.4) is 0 Å². The fourth-order valence-electron chi connectivity index (χ4n) is 1.43. The molecule has 0 saturated carbocycles. The highest BCUT2D eigenvalue weighted by Crippen LogP contribution is 2.25. The first-order valence-electron chi connectivity index (χ1n) is 5.18. The zero-order chi connectivity index (χ0) is 12.1. The quantitative estimate of drug-likeness (QED) is 0.637. The summed E-state index contributed by atoms with van der Waals surface area (Å²) in [7, 11) is 0. The maximum absolute atomic E-state index is 10.0. The molecule has 3 N–H and O–H groups in total. The van der Waals surface area contributed by atoms with Gasteiger partial charge in [0, 0.05) is 29.4 Å². The number of hydrogen-bond acceptors (Lipinski definition) is 5. The van der Waals surface area contributed by atoms with E-state index in [1.807, 2.05) is 18.2 Å². The standard InChI is InChI=1S/C12H13N3OS/c13-10-4-2-1-3-9(10)11(16)8-17-12-7-14-5-6-15-12/h1-7,11,16H,8,13H2. The monoisotopic (exact) mass is 247 g/mol. The molecule has 0 amide bonds. The molecule has 1 aromatic heterocycles. The minimum Gasteiger partial charge on any atom is -0.398 e. The fourth-order valence-corrected chi connectivity index (χ4v) is 2.21. The highest BCUT2D eigenvalue weighted by molar-refractivity contribution is 7.99. The summed E-state index contributed by atoms with van der Waals surface area (Å²) in [5.74, 6) is 0.507. The Hall–Kier alpha value is -1.59. The summed E-state index contributed by atoms with van der Waals surface area (Å²) < 4.78 is 0. The van der Waals surface area contributed by atoms with Crippen LogP contribution in [0.15, 0.2) is 47.9 Å². The summed E-state index contributed by atoms with van der Waals surface area (Å²) in [6.07, 6.45) is 4.33. The van der Waals surface area contributed by atoms with Crippen LogP contribution in [0.1, 0.15) is 11.7 Å². The molecular weight excluding hydrogens is 234 g/mol. The molecule has 2 rings (SSSR count). The second-order valence-corrected chi connectivity index (χ2v) is 4.54. The van der Waals surface area contributed by atoms with Gasteiger partial charge in [0.2, 0.25) is 0 Å². The fraction of sp³-hybridized carbons (Fsp3) is 0.167. The van der Waals surface area contributed by atoms with Crippen molar-refractivity contribution in [2.45, 2.75) is 11.1 Å².